The number of carbonyl (C=O) groups is 3. The molecular formula is C23H22N10O5. The molecule has 0 bridgehead atoms. The summed E-state index contributed by atoms with van der Waals surface area (Å²) in [6, 6.07) is 7.91. The van der Waals surface area contributed by atoms with Crippen LogP contribution in [0, 0.1) is 22.7 Å². The maximum atomic E-state index is 12.6. The number of anilines is 3. The van der Waals surface area contributed by atoms with Gasteiger partial charge in [-0.05, 0) is 30.7 Å². The van der Waals surface area contributed by atoms with Gasteiger partial charge in [0.05, 0.1) is 18.4 Å². The van der Waals surface area contributed by atoms with Crippen LogP contribution in [0.15, 0.2) is 30.5 Å². The fourth-order valence-corrected chi connectivity index (χ4v) is 3.29. The van der Waals surface area contributed by atoms with Crippen molar-refractivity contribution >= 4 is 46.5 Å². The number of carboxylic acids is 1. The molecule has 38 heavy (non-hydrogen) atoms. The standard InChI is InChI=1S/C23H22N10O5/c1-33(11-13-10-28-20-18(29-13)19(26)31-23(27)32-20)14-4-2-12(3-5-14)21(35)30-16(22(36)37)6-7-17(34)38-15(8-24)9-25/h2-5,10,15-16H,6-7,11H2,1H3,(H,30,35)(H,36,37)(H4,26,27,28,31,32)/t16-/m0/s1. The first kappa shape index (κ1) is 27.0. The Kier molecular flexibility index (Phi) is 8.47. The molecule has 1 aromatic carbocycles. The Morgan fingerprint density at radius 1 is 1.13 bits per heavy atom. The normalized spacial score (nSPS) is 11.3. The van der Waals surface area contributed by atoms with Gasteiger partial charge in [-0.1, -0.05) is 0 Å². The molecule has 1 amide bonds. The molecule has 15 heteroatoms. The zero-order valence-electron chi connectivity index (χ0n) is 20.0. The molecule has 1 atom stereocenters. The highest BCUT2D eigenvalue weighted by molar-refractivity contribution is 5.97. The Labute approximate surface area is 215 Å². The van der Waals surface area contributed by atoms with Crippen LogP contribution in [0.25, 0.3) is 11.2 Å². The number of carbonyl (C=O) groups excluding carboxylic acids is 2. The quantitative estimate of drug-likeness (QED) is 0.261. The van der Waals surface area contributed by atoms with Gasteiger partial charge in [0.2, 0.25) is 5.95 Å². The van der Waals surface area contributed by atoms with Crippen LogP contribution in [0.4, 0.5) is 17.5 Å². The molecule has 0 fully saturated rings. The molecule has 15 nitrogen and oxygen atoms in total. The number of rotatable bonds is 10. The number of ether oxygens (including phenoxy) is 1. The number of benzene rings is 1. The number of hydrogen-bond acceptors (Lipinski definition) is 13. The van der Waals surface area contributed by atoms with Crippen molar-refractivity contribution in [2.75, 3.05) is 23.4 Å². The van der Waals surface area contributed by atoms with E-state index in [9.17, 15) is 19.5 Å². The van der Waals surface area contributed by atoms with Gasteiger partial charge in [-0.2, -0.15) is 20.5 Å². The number of nitrogens with two attached hydrogens (primary N) is 2. The Morgan fingerprint density at radius 2 is 1.82 bits per heavy atom. The minimum atomic E-state index is -1.59. The van der Waals surface area contributed by atoms with E-state index in [1.54, 1.807) is 19.2 Å². The molecule has 2 heterocycles. The molecule has 3 rings (SSSR count). The van der Waals surface area contributed by atoms with E-state index in [4.69, 9.17) is 22.0 Å². The van der Waals surface area contributed by atoms with Crippen molar-refractivity contribution in [3.63, 3.8) is 0 Å². The number of nitrogen functional groups attached to an aromatic ring is 2. The van der Waals surface area contributed by atoms with Crippen LogP contribution in [0.5, 0.6) is 0 Å². The first-order valence-corrected chi connectivity index (χ1v) is 11.0. The maximum absolute atomic E-state index is 12.6. The van der Waals surface area contributed by atoms with Crippen molar-refractivity contribution in [3.05, 3.63) is 41.7 Å². The zero-order chi connectivity index (χ0) is 27.8. The summed E-state index contributed by atoms with van der Waals surface area (Å²) < 4.78 is 4.58. The second kappa shape index (κ2) is 11.9. The van der Waals surface area contributed by atoms with E-state index in [0.717, 1.165) is 5.69 Å². The van der Waals surface area contributed by atoms with Crippen LogP contribution in [0.1, 0.15) is 28.9 Å². The molecule has 2 aromatic heterocycles. The van der Waals surface area contributed by atoms with Gasteiger partial charge in [0.15, 0.2) is 17.0 Å². The van der Waals surface area contributed by atoms with Crippen LogP contribution >= 0.6 is 0 Å². The van der Waals surface area contributed by atoms with E-state index in [2.05, 4.69) is 30.0 Å². The minimum absolute atomic E-state index is 0.000172. The summed E-state index contributed by atoms with van der Waals surface area (Å²) in [4.78, 5) is 54.2. The molecule has 0 unspecified atom stereocenters. The Hall–Kier alpha value is -5.57. The van der Waals surface area contributed by atoms with Crippen molar-refractivity contribution in [3.8, 4) is 12.1 Å². The van der Waals surface area contributed by atoms with E-state index in [1.165, 1.54) is 30.5 Å². The summed E-state index contributed by atoms with van der Waals surface area (Å²) in [5.74, 6) is -2.84. The summed E-state index contributed by atoms with van der Waals surface area (Å²) in [6.45, 7) is 0.341. The molecule has 0 aliphatic carbocycles. The zero-order valence-corrected chi connectivity index (χ0v) is 20.0. The third-order valence-electron chi connectivity index (χ3n) is 5.19. The van der Waals surface area contributed by atoms with Crippen LogP contribution in [0.3, 0.4) is 0 Å². The van der Waals surface area contributed by atoms with Crippen LogP contribution in [-0.2, 0) is 20.9 Å². The number of fused-ring (bicyclic) bond motifs is 1. The van der Waals surface area contributed by atoms with E-state index in [1.807, 2.05) is 4.90 Å². The van der Waals surface area contributed by atoms with Gasteiger partial charge in [-0.3, -0.25) is 9.59 Å². The van der Waals surface area contributed by atoms with Crippen LogP contribution < -0.4 is 21.7 Å². The summed E-state index contributed by atoms with van der Waals surface area (Å²) in [5.41, 5.74) is 13.5. The third kappa shape index (κ3) is 6.76. The second-order valence-corrected chi connectivity index (χ2v) is 7.93. The fourth-order valence-electron chi connectivity index (χ4n) is 3.29. The van der Waals surface area contributed by atoms with E-state index in [-0.39, 0.29) is 29.4 Å². The Bertz CT molecular complexity index is 1430. The summed E-state index contributed by atoms with van der Waals surface area (Å²) >= 11 is 0. The van der Waals surface area contributed by atoms with Crippen molar-refractivity contribution in [1.82, 2.24) is 25.3 Å². The average molecular weight is 518 g/mol. The Balaban J connectivity index is 1.61. The monoisotopic (exact) mass is 518 g/mol. The molecule has 0 aliphatic rings. The number of nitrogens with one attached hydrogen (secondary N) is 1. The predicted octanol–water partition coefficient (Wildman–Crippen LogP) is 0.143. The molecule has 6 N–H and O–H groups in total. The smallest absolute Gasteiger partial charge is 0.326 e. The highest BCUT2D eigenvalue weighted by Crippen LogP contribution is 2.19. The van der Waals surface area contributed by atoms with Crippen LogP contribution in [0.2, 0.25) is 0 Å². The summed E-state index contributed by atoms with van der Waals surface area (Å²) in [5, 5.41) is 29.0. The number of aliphatic carboxylic acids is 1. The summed E-state index contributed by atoms with van der Waals surface area (Å²) in [6.07, 6.45) is -0.755. The van der Waals surface area contributed by atoms with E-state index in [0.29, 0.717) is 17.8 Å². The molecule has 0 aliphatic heterocycles. The third-order valence-corrected chi connectivity index (χ3v) is 5.19. The van der Waals surface area contributed by atoms with Crippen molar-refractivity contribution in [1.29, 1.82) is 10.5 Å². The van der Waals surface area contributed by atoms with E-state index < -0.39 is 36.4 Å². The van der Waals surface area contributed by atoms with Gasteiger partial charge in [0.25, 0.3) is 12.0 Å². The SMILES string of the molecule is CN(Cc1cnc2nc(N)nc(N)c2n1)c1ccc(C(=O)N[C@@H](CCC(=O)OC(C#N)C#N)C(=O)O)cc1. The summed E-state index contributed by atoms with van der Waals surface area (Å²) in [7, 11) is 1.80. The predicted molar refractivity (Wildman–Crippen MR) is 132 cm³/mol. The molecular weight excluding hydrogens is 496 g/mol. The number of amides is 1. The molecule has 194 valence electrons. The fraction of sp³-hybridized carbons (Fsp3) is 0.261. The number of hydrogen-bond donors (Lipinski definition) is 4. The van der Waals surface area contributed by atoms with Crippen molar-refractivity contribution in [2.45, 2.75) is 31.5 Å². The van der Waals surface area contributed by atoms with E-state index >= 15 is 0 Å². The lowest BCUT2D eigenvalue weighted by atomic mass is 10.1. The lowest BCUT2D eigenvalue weighted by Gasteiger charge is -2.19. The van der Waals surface area contributed by atoms with Gasteiger partial charge < -0.3 is 31.5 Å². The highest BCUT2D eigenvalue weighted by Gasteiger charge is 2.23. The average Bonchev–Trinajstić information content (AvgIpc) is 2.89. The largest absolute Gasteiger partial charge is 0.480 e. The van der Waals surface area contributed by atoms with Crippen LogP contribution in [-0.4, -0.2) is 62.1 Å². The van der Waals surface area contributed by atoms with Gasteiger partial charge in [-0.25, -0.2) is 14.8 Å². The number of nitriles is 2. The topological polar surface area (TPSA) is 247 Å². The number of aromatic nitrogens is 4. The first-order valence-electron chi connectivity index (χ1n) is 11.0. The highest BCUT2D eigenvalue weighted by atomic mass is 16.5. The Morgan fingerprint density at radius 3 is 2.45 bits per heavy atom. The second-order valence-electron chi connectivity index (χ2n) is 7.93. The minimum Gasteiger partial charge on any atom is -0.480 e. The van der Waals surface area contributed by atoms with Gasteiger partial charge in [0, 0.05) is 24.7 Å². The molecule has 0 spiro atoms. The first-order chi connectivity index (χ1) is 18.1. The number of carboxylic acid groups (broad SMARTS) is 1. The van der Waals surface area contributed by atoms with Gasteiger partial charge in [-0.15, -0.1) is 0 Å². The number of nitrogens with zero attached hydrogens (tertiary/aromatic N) is 7. The maximum Gasteiger partial charge on any atom is 0.326 e. The molecule has 3 aromatic rings. The van der Waals surface area contributed by atoms with Gasteiger partial charge in [0.1, 0.15) is 18.2 Å². The molecule has 0 saturated carbocycles. The lowest BCUT2D eigenvalue weighted by Crippen LogP contribution is -2.41. The van der Waals surface area contributed by atoms with Crippen molar-refractivity contribution in [2.24, 2.45) is 0 Å². The van der Waals surface area contributed by atoms with Gasteiger partial charge >= 0.3 is 11.9 Å². The molecule has 0 saturated heterocycles. The lowest BCUT2D eigenvalue weighted by molar-refractivity contribution is -0.145. The molecule has 0 radical (unpaired) electrons. The van der Waals surface area contributed by atoms with Crippen molar-refractivity contribution < 1.29 is 24.2 Å². The number of esters is 1.